The largest absolute Gasteiger partial charge is 0.496 e. The smallest absolute Gasteiger partial charge is 0.232 e. The van der Waals surface area contributed by atoms with Gasteiger partial charge in [0, 0.05) is 18.7 Å². The minimum atomic E-state index is -0.353. The van der Waals surface area contributed by atoms with E-state index in [1.807, 2.05) is 31.2 Å². The Morgan fingerprint density at radius 2 is 2.00 bits per heavy atom. The molecule has 1 aliphatic heterocycles. The Morgan fingerprint density at radius 1 is 1.21 bits per heavy atom. The van der Waals surface area contributed by atoms with Gasteiger partial charge >= 0.3 is 0 Å². The molecular formula is C23H26FN5O3S. The van der Waals surface area contributed by atoms with E-state index in [2.05, 4.69) is 20.4 Å². The van der Waals surface area contributed by atoms with Crippen molar-refractivity contribution < 1.29 is 18.7 Å². The Bertz CT molecular complexity index is 1100. The number of anilines is 1. The van der Waals surface area contributed by atoms with E-state index in [9.17, 15) is 9.18 Å². The molecule has 33 heavy (non-hydrogen) atoms. The summed E-state index contributed by atoms with van der Waals surface area (Å²) in [5, 5.41) is 12.2. The molecule has 1 N–H and O–H groups in total. The topological polar surface area (TPSA) is 81.5 Å². The third-order valence-corrected chi connectivity index (χ3v) is 6.22. The number of amides is 1. The molecule has 3 aromatic rings. The summed E-state index contributed by atoms with van der Waals surface area (Å²) in [6.45, 7) is 4.40. The number of benzene rings is 2. The Morgan fingerprint density at radius 3 is 2.76 bits per heavy atom. The number of rotatable bonds is 8. The van der Waals surface area contributed by atoms with E-state index in [-0.39, 0.29) is 23.5 Å². The number of carbonyl (C=O) groups is 1. The lowest BCUT2D eigenvalue weighted by atomic mass is 10.1. The molecule has 10 heteroatoms. The average molecular weight is 472 g/mol. The number of thioether (sulfide) groups is 1. The average Bonchev–Trinajstić information content (AvgIpc) is 3.27. The number of hydrogen-bond donors (Lipinski definition) is 1. The predicted octanol–water partition coefficient (Wildman–Crippen LogP) is 3.22. The van der Waals surface area contributed by atoms with Gasteiger partial charge in [0.05, 0.1) is 37.8 Å². The van der Waals surface area contributed by atoms with E-state index >= 15 is 0 Å². The van der Waals surface area contributed by atoms with Crippen LogP contribution < -0.4 is 15.0 Å². The molecule has 8 nitrogen and oxygen atoms in total. The molecule has 0 radical (unpaired) electrons. The van der Waals surface area contributed by atoms with E-state index in [0.29, 0.717) is 43.1 Å². The third kappa shape index (κ3) is 5.45. The first-order valence-corrected chi connectivity index (χ1v) is 11.6. The maximum Gasteiger partial charge on any atom is 0.232 e. The summed E-state index contributed by atoms with van der Waals surface area (Å²) >= 11 is 1.25. The van der Waals surface area contributed by atoms with Crippen LogP contribution in [-0.4, -0.2) is 59.8 Å². The van der Waals surface area contributed by atoms with Crippen LogP contribution in [0.3, 0.4) is 0 Å². The van der Waals surface area contributed by atoms with Gasteiger partial charge in [-0.2, -0.15) is 0 Å². The van der Waals surface area contributed by atoms with Gasteiger partial charge in [-0.25, -0.2) is 4.39 Å². The number of methoxy groups -OCH3 is 1. The van der Waals surface area contributed by atoms with Crippen LogP contribution in [0.5, 0.6) is 5.75 Å². The van der Waals surface area contributed by atoms with Crippen molar-refractivity contribution in [1.82, 2.24) is 20.1 Å². The van der Waals surface area contributed by atoms with Crippen LogP contribution in [0.25, 0.3) is 5.69 Å². The summed E-state index contributed by atoms with van der Waals surface area (Å²) < 4.78 is 26.6. The zero-order valence-corrected chi connectivity index (χ0v) is 19.3. The zero-order chi connectivity index (χ0) is 23.2. The molecule has 2 aromatic carbocycles. The number of hydrogen-bond acceptors (Lipinski definition) is 7. The first-order valence-electron chi connectivity index (χ1n) is 10.7. The Labute approximate surface area is 196 Å². The van der Waals surface area contributed by atoms with Crippen molar-refractivity contribution >= 4 is 23.6 Å². The van der Waals surface area contributed by atoms with Crippen LogP contribution in [0, 0.1) is 5.82 Å². The van der Waals surface area contributed by atoms with E-state index in [1.54, 1.807) is 23.8 Å². The number of aromatic nitrogens is 3. The first kappa shape index (κ1) is 23.1. The van der Waals surface area contributed by atoms with E-state index in [1.165, 1.54) is 23.9 Å². The number of ether oxygens (including phenoxy) is 2. The van der Waals surface area contributed by atoms with Crippen molar-refractivity contribution in [2.75, 3.05) is 44.1 Å². The molecule has 0 bridgehead atoms. The Hall–Kier alpha value is -3.11. The fourth-order valence-corrected chi connectivity index (χ4v) is 4.44. The molecule has 0 aliphatic carbocycles. The molecule has 1 saturated heterocycles. The monoisotopic (exact) mass is 471 g/mol. The van der Waals surface area contributed by atoms with Crippen molar-refractivity contribution in [3.63, 3.8) is 0 Å². The van der Waals surface area contributed by atoms with Crippen LogP contribution in [-0.2, 0) is 9.53 Å². The highest BCUT2D eigenvalue weighted by molar-refractivity contribution is 7.99. The predicted molar refractivity (Wildman–Crippen MR) is 125 cm³/mol. The number of nitrogens with one attached hydrogen (secondary N) is 1. The second kappa shape index (κ2) is 10.7. The second-order valence-corrected chi connectivity index (χ2v) is 8.46. The first-order chi connectivity index (χ1) is 16.1. The van der Waals surface area contributed by atoms with Gasteiger partial charge < -0.3 is 19.7 Å². The highest BCUT2D eigenvalue weighted by Crippen LogP contribution is 2.28. The van der Waals surface area contributed by atoms with Gasteiger partial charge in [0.25, 0.3) is 0 Å². The van der Waals surface area contributed by atoms with Crippen LogP contribution in [0.4, 0.5) is 10.3 Å². The summed E-state index contributed by atoms with van der Waals surface area (Å²) in [7, 11) is 1.61. The van der Waals surface area contributed by atoms with Crippen LogP contribution in [0.2, 0.25) is 0 Å². The number of morpholine rings is 1. The maximum atomic E-state index is 14.0. The Balaban J connectivity index is 1.50. The third-order valence-electron chi connectivity index (χ3n) is 5.29. The molecule has 174 valence electrons. The lowest BCUT2D eigenvalue weighted by Crippen LogP contribution is -2.37. The lowest BCUT2D eigenvalue weighted by Gasteiger charge is -2.27. The van der Waals surface area contributed by atoms with Crippen LogP contribution in [0.1, 0.15) is 18.5 Å². The molecule has 1 amide bonds. The Kier molecular flexibility index (Phi) is 7.46. The summed E-state index contributed by atoms with van der Waals surface area (Å²) in [4.78, 5) is 14.7. The van der Waals surface area contributed by atoms with Crippen molar-refractivity contribution in [2.45, 2.75) is 18.1 Å². The van der Waals surface area contributed by atoms with Gasteiger partial charge in [-0.1, -0.05) is 36.0 Å². The van der Waals surface area contributed by atoms with Gasteiger partial charge in [-0.3, -0.25) is 9.36 Å². The molecule has 2 heterocycles. The number of halogens is 1. The minimum absolute atomic E-state index is 0.135. The van der Waals surface area contributed by atoms with Gasteiger partial charge in [-0.05, 0) is 31.2 Å². The normalized spacial score (nSPS) is 14.7. The van der Waals surface area contributed by atoms with E-state index in [4.69, 9.17) is 9.47 Å². The number of nitrogens with zero attached hydrogens (tertiary/aromatic N) is 4. The molecule has 1 atom stereocenters. The highest BCUT2D eigenvalue weighted by atomic mass is 32.2. The summed E-state index contributed by atoms with van der Waals surface area (Å²) in [5.74, 6) is 0.956. The van der Waals surface area contributed by atoms with Crippen molar-refractivity contribution in [3.8, 4) is 11.4 Å². The van der Waals surface area contributed by atoms with Gasteiger partial charge in [-0.15, -0.1) is 10.2 Å². The molecule has 1 unspecified atom stereocenters. The molecule has 1 fully saturated rings. The number of carbonyl (C=O) groups excluding carboxylic acids is 1. The van der Waals surface area contributed by atoms with Crippen molar-refractivity contribution in [3.05, 3.63) is 59.9 Å². The second-order valence-electron chi connectivity index (χ2n) is 7.52. The fraction of sp³-hybridized carbons (Fsp3) is 0.348. The van der Waals surface area contributed by atoms with E-state index in [0.717, 1.165) is 11.3 Å². The molecular weight excluding hydrogens is 445 g/mol. The van der Waals surface area contributed by atoms with E-state index < -0.39 is 0 Å². The standard InChI is InChI=1S/C23H26FN5O3S/c1-16(19-8-3-4-9-20(19)31-2)25-21(30)15-33-23-27-26-22(28-10-12-32-13-11-28)29(23)18-7-5-6-17(24)14-18/h3-9,14,16H,10-13,15H2,1-2H3,(H,25,30). The highest BCUT2D eigenvalue weighted by Gasteiger charge is 2.23. The SMILES string of the molecule is COc1ccccc1C(C)NC(=O)CSc1nnc(N2CCOCC2)n1-c1cccc(F)c1. The molecule has 4 rings (SSSR count). The molecule has 0 spiro atoms. The number of para-hydroxylation sites is 1. The van der Waals surface area contributed by atoms with Gasteiger partial charge in [0.1, 0.15) is 11.6 Å². The van der Waals surface area contributed by atoms with Crippen molar-refractivity contribution in [1.29, 1.82) is 0 Å². The molecule has 0 saturated carbocycles. The summed E-state index contributed by atoms with van der Waals surface area (Å²) in [6.07, 6.45) is 0. The lowest BCUT2D eigenvalue weighted by molar-refractivity contribution is -0.119. The maximum absolute atomic E-state index is 14.0. The zero-order valence-electron chi connectivity index (χ0n) is 18.5. The van der Waals surface area contributed by atoms with Crippen LogP contribution >= 0.6 is 11.8 Å². The fourth-order valence-electron chi connectivity index (χ4n) is 3.68. The quantitative estimate of drug-likeness (QED) is 0.505. The summed E-state index contributed by atoms with van der Waals surface area (Å²) in [5.41, 5.74) is 1.50. The molecule has 1 aromatic heterocycles. The minimum Gasteiger partial charge on any atom is -0.496 e. The van der Waals surface area contributed by atoms with Crippen molar-refractivity contribution in [2.24, 2.45) is 0 Å². The summed E-state index contributed by atoms with van der Waals surface area (Å²) in [6, 6.07) is 13.6. The van der Waals surface area contributed by atoms with Crippen LogP contribution in [0.15, 0.2) is 53.7 Å². The van der Waals surface area contributed by atoms with Gasteiger partial charge in [0.15, 0.2) is 5.16 Å². The molecule has 1 aliphatic rings. The van der Waals surface area contributed by atoms with Gasteiger partial charge in [0.2, 0.25) is 11.9 Å².